The Labute approximate surface area is 212 Å². The van der Waals surface area contributed by atoms with Gasteiger partial charge in [0.05, 0.1) is 11.9 Å². The molecule has 2 aromatic carbocycles. The monoisotopic (exact) mass is 527 g/mol. The number of rotatable bonds is 10. The number of sulfonamides is 1. The van der Waals surface area contributed by atoms with Crippen LogP contribution in [0.5, 0.6) is 0 Å². The van der Waals surface area contributed by atoms with Gasteiger partial charge in [0.25, 0.3) is 0 Å². The van der Waals surface area contributed by atoms with Gasteiger partial charge in [-0.2, -0.15) is 0 Å². The van der Waals surface area contributed by atoms with Gasteiger partial charge in [0.15, 0.2) is 0 Å². The number of carbonyl (C=O) groups excluding carboxylic acids is 2. The van der Waals surface area contributed by atoms with Crippen molar-refractivity contribution in [3.05, 3.63) is 63.6 Å². The van der Waals surface area contributed by atoms with E-state index in [-0.39, 0.29) is 18.5 Å². The second kappa shape index (κ2) is 11.9. The first-order valence-electron chi connectivity index (χ1n) is 10.9. The molecule has 0 unspecified atom stereocenters. The van der Waals surface area contributed by atoms with Gasteiger partial charge in [-0.1, -0.05) is 54.4 Å². The van der Waals surface area contributed by atoms with E-state index in [2.05, 4.69) is 5.32 Å². The van der Waals surface area contributed by atoms with Gasteiger partial charge in [-0.05, 0) is 56.5 Å². The van der Waals surface area contributed by atoms with Crippen molar-refractivity contribution in [3.8, 4) is 0 Å². The van der Waals surface area contributed by atoms with E-state index >= 15 is 0 Å². The zero-order valence-electron chi connectivity index (χ0n) is 20.0. The topological polar surface area (TPSA) is 86.8 Å². The summed E-state index contributed by atoms with van der Waals surface area (Å²) in [7, 11) is -3.79. The molecule has 186 valence electrons. The summed E-state index contributed by atoms with van der Waals surface area (Å²) in [5.74, 6) is -0.844. The molecule has 10 heteroatoms. The third kappa shape index (κ3) is 7.35. The summed E-state index contributed by atoms with van der Waals surface area (Å²) in [5, 5.41) is 3.64. The van der Waals surface area contributed by atoms with Gasteiger partial charge in [-0.25, -0.2) is 8.42 Å². The molecule has 0 fully saturated rings. The lowest BCUT2D eigenvalue weighted by Gasteiger charge is -2.33. The SMILES string of the molecule is CC[C@@H](C(=O)NC(C)C)N(Cc1ccc(Cl)cc1Cl)C(=O)CN(c1ccccc1C)S(C)(=O)=O. The molecular weight excluding hydrogens is 497 g/mol. The second-order valence-corrected chi connectivity index (χ2v) is 11.2. The lowest BCUT2D eigenvalue weighted by atomic mass is 10.1. The maximum atomic E-state index is 13.6. The van der Waals surface area contributed by atoms with E-state index in [9.17, 15) is 18.0 Å². The van der Waals surface area contributed by atoms with E-state index < -0.39 is 28.5 Å². The summed E-state index contributed by atoms with van der Waals surface area (Å²) in [5.41, 5.74) is 1.71. The second-order valence-electron chi connectivity index (χ2n) is 8.40. The van der Waals surface area contributed by atoms with E-state index in [4.69, 9.17) is 23.2 Å². The highest BCUT2D eigenvalue weighted by atomic mass is 35.5. The van der Waals surface area contributed by atoms with E-state index in [1.807, 2.05) is 13.8 Å². The highest BCUT2D eigenvalue weighted by Gasteiger charge is 2.32. The normalized spacial score (nSPS) is 12.4. The molecule has 0 aliphatic carbocycles. The van der Waals surface area contributed by atoms with Gasteiger partial charge >= 0.3 is 0 Å². The molecule has 0 aliphatic rings. The first-order chi connectivity index (χ1) is 15.8. The standard InChI is InChI=1S/C24H31Cl2N3O4S/c1-6-21(24(31)27-16(2)3)28(14-18-11-12-19(25)13-20(18)26)23(30)15-29(34(5,32)33)22-10-8-7-9-17(22)4/h7-13,16,21H,6,14-15H2,1-5H3,(H,27,31)/t21-/m0/s1. The Hall–Kier alpha value is -2.29. The van der Waals surface area contributed by atoms with Gasteiger partial charge in [0, 0.05) is 22.6 Å². The Kier molecular flexibility index (Phi) is 9.79. The van der Waals surface area contributed by atoms with Crippen LogP contribution in [0.25, 0.3) is 0 Å². The molecule has 34 heavy (non-hydrogen) atoms. The number of aryl methyl sites for hydroxylation is 1. The lowest BCUT2D eigenvalue weighted by molar-refractivity contribution is -0.140. The maximum absolute atomic E-state index is 13.6. The van der Waals surface area contributed by atoms with Crippen molar-refractivity contribution in [1.82, 2.24) is 10.2 Å². The van der Waals surface area contributed by atoms with Crippen molar-refractivity contribution in [2.75, 3.05) is 17.1 Å². The van der Waals surface area contributed by atoms with Crippen molar-refractivity contribution in [3.63, 3.8) is 0 Å². The van der Waals surface area contributed by atoms with E-state index in [1.165, 1.54) is 4.90 Å². The van der Waals surface area contributed by atoms with Gasteiger partial charge in [-0.3, -0.25) is 13.9 Å². The van der Waals surface area contributed by atoms with Crippen LogP contribution in [0.1, 0.15) is 38.3 Å². The molecule has 2 rings (SSSR count). The molecule has 1 atom stereocenters. The zero-order chi connectivity index (χ0) is 25.6. The van der Waals surface area contributed by atoms with Crippen molar-refractivity contribution < 1.29 is 18.0 Å². The average Bonchev–Trinajstić information content (AvgIpc) is 2.72. The Morgan fingerprint density at radius 2 is 1.74 bits per heavy atom. The van der Waals surface area contributed by atoms with Crippen LogP contribution in [0.4, 0.5) is 5.69 Å². The minimum Gasteiger partial charge on any atom is -0.352 e. The summed E-state index contributed by atoms with van der Waals surface area (Å²) in [6.07, 6.45) is 1.38. The van der Waals surface area contributed by atoms with Crippen LogP contribution in [-0.4, -0.2) is 50.0 Å². The number of hydrogen-bond donors (Lipinski definition) is 1. The van der Waals surface area contributed by atoms with Crippen LogP contribution in [0.3, 0.4) is 0 Å². The Morgan fingerprint density at radius 3 is 2.26 bits per heavy atom. The number of para-hydroxylation sites is 1. The largest absolute Gasteiger partial charge is 0.352 e. The molecule has 0 bridgehead atoms. The molecule has 0 heterocycles. The van der Waals surface area contributed by atoms with Gasteiger partial charge in [0.1, 0.15) is 12.6 Å². The summed E-state index contributed by atoms with van der Waals surface area (Å²) < 4.78 is 26.4. The minimum atomic E-state index is -3.79. The summed E-state index contributed by atoms with van der Waals surface area (Å²) in [6, 6.07) is 10.9. The molecular formula is C24H31Cl2N3O4S. The van der Waals surface area contributed by atoms with Crippen LogP contribution in [0, 0.1) is 6.92 Å². The first-order valence-corrected chi connectivity index (χ1v) is 13.5. The molecule has 0 saturated carbocycles. The quantitative estimate of drug-likeness (QED) is 0.495. The lowest BCUT2D eigenvalue weighted by Crippen LogP contribution is -2.53. The van der Waals surface area contributed by atoms with Crippen LogP contribution in [-0.2, 0) is 26.2 Å². The third-order valence-corrected chi connectivity index (χ3v) is 6.95. The van der Waals surface area contributed by atoms with E-state index in [0.29, 0.717) is 33.3 Å². The number of hydrogen-bond acceptors (Lipinski definition) is 4. The van der Waals surface area contributed by atoms with Crippen LogP contribution >= 0.6 is 23.2 Å². The highest BCUT2D eigenvalue weighted by molar-refractivity contribution is 7.92. The van der Waals surface area contributed by atoms with Crippen LogP contribution in [0.2, 0.25) is 10.0 Å². The first kappa shape index (κ1) is 28.0. The fraction of sp³-hybridized carbons (Fsp3) is 0.417. The number of benzene rings is 2. The highest BCUT2D eigenvalue weighted by Crippen LogP contribution is 2.26. The molecule has 0 aliphatic heterocycles. The van der Waals surface area contributed by atoms with E-state index in [1.54, 1.807) is 56.3 Å². The molecule has 7 nitrogen and oxygen atoms in total. The molecule has 2 aromatic rings. The smallest absolute Gasteiger partial charge is 0.244 e. The predicted octanol–water partition coefficient (Wildman–Crippen LogP) is 4.40. The maximum Gasteiger partial charge on any atom is 0.244 e. The number of amides is 2. The number of carbonyl (C=O) groups is 2. The van der Waals surface area contributed by atoms with Crippen molar-refractivity contribution in [1.29, 1.82) is 0 Å². The average molecular weight is 529 g/mol. The predicted molar refractivity (Wildman–Crippen MR) is 138 cm³/mol. The Bertz CT molecular complexity index is 1140. The zero-order valence-corrected chi connectivity index (χ0v) is 22.3. The summed E-state index contributed by atoms with van der Waals surface area (Å²) in [4.78, 5) is 28.0. The third-order valence-electron chi connectivity index (χ3n) is 5.24. The van der Waals surface area contributed by atoms with Crippen LogP contribution < -0.4 is 9.62 Å². The van der Waals surface area contributed by atoms with Crippen LogP contribution in [0.15, 0.2) is 42.5 Å². The number of nitrogens with zero attached hydrogens (tertiary/aromatic N) is 2. The molecule has 2 amide bonds. The summed E-state index contributed by atoms with van der Waals surface area (Å²) >= 11 is 12.4. The molecule has 1 N–H and O–H groups in total. The van der Waals surface area contributed by atoms with E-state index in [0.717, 1.165) is 10.6 Å². The Balaban J connectivity index is 2.49. The number of anilines is 1. The summed E-state index contributed by atoms with van der Waals surface area (Å²) in [6.45, 7) is 6.79. The van der Waals surface area contributed by atoms with Gasteiger partial charge < -0.3 is 10.2 Å². The van der Waals surface area contributed by atoms with Crippen molar-refractivity contribution in [2.24, 2.45) is 0 Å². The molecule has 0 radical (unpaired) electrons. The van der Waals surface area contributed by atoms with Crippen molar-refractivity contribution in [2.45, 2.75) is 52.7 Å². The fourth-order valence-electron chi connectivity index (χ4n) is 3.57. The van der Waals surface area contributed by atoms with Gasteiger partial charge in [-0.15, -0.1) is 0 Å². The minimum absolute atomic E-state index is 0.0181. The number of nitrogens with one attached hydrogen (secondary N) is 1. The molecule has 0 saturated heterocycles. The molecule has 0 spiro atoms. The Morgan fingerprint density at radius 1 is 1.09 bits per heavy atom. The fourth-order valence-corrected chi connectivity index (χ4v) is 4.95. The molecule has 0 aromatic heterocycles. The van der Waals surface area contributed by atoms with Crippen molar-refractivity contribution >= 4 is 50.7 Å². The van der Waals surface area contributed by atoms with Gasteiger partial charge in [0.2, 0.25) is 21.8 Å². The number of halogens is 2.